The molecule has 7 nitrogen and oxygen atoms in total. The van der Waals surface area contributed by atoms with E-state index in [4.69, 9.17) is 9.47 Å². The van der Waals surface area contributed by atoms with Gasteiger partial charge in [0.15, 0.2) is 0 Å². The van der Waals surface area contributed by atoms with Crippen LogP contribution in [0.1, 0.15) is 43.2 Å². The van der Waals surface area contributed by atoms with E-state index in [1.54, 1.807) is 43.3 Å². The van der Waals surface area contributed by atoms with Gasteiger partial charge in [-0.05, 0) is 69.5 Å². The molecule has 2 atom stereocenters. The molecule has 42 heavy (non-hydrogen) atoms. The number of alkyl halides is 4. The van der Waals surface area contributed by atoms with E-state index in [1.165, 1.54) is 13.2 Å². The molecule has 2 N–H and O–H groups in total. The van der Waals surface area contributed by atoms with Gasteiger partial charge in [0, 0.05) is 30.2 Å². The third-order valence-corrected chi connectivity index (χ3v) is 7.22. The molecule has 1 fully saturated rings. The Bertz CT molecular complexity index is 1460. The van der Waals surface area contributed by atoms with Gasteiger partial charge in [0.05, 0.1) is 48.8 Å². The minimum absolute atomic E-state index is 0.103. The molecular formula is C31H36F4N4O3. The predicted octanol–water partition coefficient (Wildman–Crippen LogP) is 6.09. The highest BCUT2D eigenvalue weighted by Gasteiger charge is 2.32. The Morgan fingerprint density at radius 2 is 1.95 bits per heavy atom. The van der Waals surface area contributed by atoms with Crippen molar-refractivity contribution in [3.63, 3.8) is 0 Å². The number of esters is 1. The summed E-state index contributed by atoms with van der Waals surface area (Å²) in [5, 5.41) is 6.88. The first-order chi connectivity index (χ1) is 20.0. The van der Waals surface area contributed by atoms with Gasteiger partial charge < -0.3 is 24.7 Å². The van der Waals surface area contributed by atoms with Crippen molar-refractivity contribution < 1.29 is 31.8 Å². The maximum atomic E-state index is 15.0. The molecule has 2 aromatic carbocycles. The Hall–Kier alpha value is -3.91. The second-order valence-electron chi connectivity index (χ2n) is 10.4. The Morgan fingerprint density at radius 1 is 1.17 bits per heavy atom. The average molecular weight is 589 g/mol. The molecule has 0 amide bonds. The second-order valence-corrected chi connectivity index (χ2v) is 10.4. The van der Waals surface area contributed by atoms with E-state index in [2.05, 4.69) is 27.4 Å². The van der Waals surface area contributed by atoms with Crippen LogP contribution in [0.4, 0.5) is 28.9 Å². The number of hydrogen-bond acceptors (Lipinski definition) is 6. The number of anilines is 2. The molecule has 2 heterocycles. The molecule has 0 aliphatic carbocycles. The number of likely N-dealkylation sites (tertiary alicyclic amines) is 1. The zero-order chi connectivity index (χ0) is 30.4. The Balaban J connectivity index is 1.56. The molecule has 1 aromatic heterocycles. The lowest BCUT2D eigenvalue weighted by atomic mass is 10.0. The predicted molar refractivity (Wildman–Crippen MR) is 156 cm³/mol. The zero-order valence-corrected chi connectivity index (χ0v) is 24.1. The molecule has 11 heteroatoms. The highest BCUT2D eigenvalue weighted by Crippen LogP contribution is 2.32. The summed E-state index contributed by atoms with van der Waals surface area (Å²) in [6.07, 6.45) is -4.99. The standard InChI is InChI=1S/C31H36F4N4O3/c1-5-42-30(40)21-11-12-27(29(16-21)41-4)36-14-7-8-22-17-23-25(9-6-10-28(23)39(22)19-31(33,34)35)37-26-13-15-38(20(2)3)18-24(26)32/h6,9-12,16-17,20,24,26,36-37H,5,13-15,18-19H2,1-4H3/t24-,26+/m1/s1. The fraction of sp³-hybridized carbons (Fsp3) is 0.452. The van der Waals surface area contributed by atoms with Crippen LogP contribution in [0, 0.1) is 11.8 Å². The summed E-state index contributed by atoms with van der Waals surface area (Å²) >= 11 is 0. The highest BCUT2D eigenvalue weighted by atomic mass is 19.4. The molecule has 3 aromatic rings. The van der Waals surface area contributed by atoms with Gasteiger partial charge >= 0.3 is 12.1 Å². The van der Waals surface area contributed by atoms with Gasteiger partial charge in [-0.25, -0.2) is 9.18 Å². The molecule has 0 spiro atoms. The number of rotatable bonds is 9. The third-order valence-electron chi connectivity index (χ3n) is 7.22. The van der Waals surface area contributed by atoms with E-state index in [9.17, 15) is 18.0 Å². The van der Waals surface area contributed by atoms with Gasteiger partial charge in [0.1, 0.15) is 18.5 Å². The van der Waals surface area contributed by atoms with E-state index in [0.717, 1.165) is 11.1 Å². The maximum Gasteiger partial charge on any atom is 0.406 e. The van der Waals surface area contributed by atoms with Crippen LogP contribution in [0.2, 0.25) is 0 Å². The van der Waals surface area contributed by atoms with Crippen LogP contribution in [0.3, 0.4) is 0 Å². The zero-order valence-electron chi connectivity index (χ0n) is 24.1. The Kier molecular flexibility index (Phi) is 9.89. The lowest BCUT2D eigenvalue weighted by Crippen LogP contribution is -2.50. The van der Waals surface area contributed by atoms with Crippen molar-refractivity contribution in [3.8, 4) is 17.6 Å². The number of hydrogen-bond donors (Lipinski definition) is 2. The molecule has 1 saturated heterocycles. The van der Waals surface area contributed by atoms with Crippen LogP contribution >= 0.6 is 0 Å². The first-order valence-corrected chi connectivity index (χ1v) is 13.9. The van der Waals surface area contributed by atoms with E-state index < -0.39 is 30.9 Å². The SMILES string of the molecule is CCOC(=O)c1ccc(NCC#Cc2cc3c(N[C@H]4CCN(C(C)C)C[C@H]4F)cccc3n2CC(F)(F)F)c(OC)c1. The molecule has 4 rings (SSSR count). The average Bonchev–Trinajstić information content (AvgIpc) is 3.28. The van der Waals surface area contributed by atoms with Gasteiger partial charge in [-0.15, -0.1) is 0 Å². The van der Waals surface area contributed by atoms with E-state index >= 15 is 4.39 Å². The van der Waals surface area contributed by atoms with Crippen LogP contribution < -0.4 is 15.4 Å². The number of nitrogens with one attached hydrogen (secondary N) is 2. The van der Waals surface area contributed by atoms with E-state index in [1.807, 2.05) is 13.8 Å². The van der Waals surface area contributed by atoms with E-state index in [0.29, 0.717) is 46.6 Å². The number of halogens is 4. The van der Waals surface area contributed by atoms with Gasteiger partial charge in [-0.1, -0.05) is 12.0 Å². The normalized spacial score (nSPS) is 17.5. The maximum absolute atomic E-state index is 15.0. The second kappa shape index (κ2) is 13.4. The number of carbonyl (C=O) groups is 1. The monoisotopic (exact) mass is 588 g/mol. The molecule has 1 aliphatic rings. The van der Waals surface area contributed by atoms with Crippen molar-refractivity contribution in [2.75, 3.05) is 44.0 Å². The molecule has 0 radical (unpaired) electrons. The summed E-state index contributed by atoms with van der Waals surface area (Å²) in [6.45, 7) is 5.95. The molecule has 0 saturated carbocycles. The van der Waals surface area contributed by atoms with Crippen molar-refractivity contribution in [3.05, 3.63) is 53.7 Å². The number of fused-ring (bicyclic) bond motifs is 1. The van der Waals surface area contributed by atoms with Crippen LogP contribution in [0.25, 0.3) is 10.9 Å². The number of benzene rings is 2. The van der Waals surface area contributed by atoms with Crippen LogP contribution in [-0.4, -0.2) is 73.2 Å². The van der Waals surface area contributed by atoms with Crippen molar-refractivity contribution in [1.29, 1.82) is 0 Å². The number of methoxy groups -OCH3 is 1. The topological polar surface area (TPSA) is 67.8 Å². The quantitative estimate of drug-likeness (QED) is 0.179. The summed E-state index contributed by atoms with van der Waals surface area (Å²) < 4.78 is 67.3. The minimum Gasteiger partial charge on any atom is -0.495 e. The number of ether oxygens (including phenoxy) is 2. The van der Waals surface area contributed by atoms with Crippen LogP contribution in [0.5, 0.6) is 5.75 Å². The number of aromatic nitrogens is 1. The van der Waals surface area contributed by atoms with Gasteiger partial charge in [0.25, 0.3) is 0 Å². The van der Waals surface area contributed by atoms with Gasteiger partial charge in [-0.2, -0.15) is 13.2 Å². The lowest BCUT2D eigenvalue weighted by molar-refractivity contribution is -0.140. The minimum atomic E-state index is -4.47. The van der Waals surface area contributed by atoms with E-state index in [-0.39, 0.29) is 24.9 Å². The summed E-state index contributed by atoms with van der Waals surface area (Å²) in [5.74, 6) is 5.67. The van der Waals surface area contributed by atoms with Gasteiger partial charge in [0.2, 0.25) is 0 Å². The van der Waals surface area contributed by atoms with Crippen molar-refractivity contribution in [2.45, 2.75) is 58.2 Å². The Morgan fingerprint density at radius 3 is 2.62 bits per heavy atom. The number of piperidine rings is 1. The molecule has 226 valence electrons. The lowest BCUT2D eigenvalue weighted by Gasteiger charge is -2.37. The molecule has 0 bridgehead atoms. The summed E-state index contributed by atoms with van der Waals surface area (Å²) in [7, 11) is 1.46. The fourth-order valence-corrected chi connectivity index (χ4v) is 5.08. The fourth-order valence-electron chi connectivity index (χ4n) is 5.08. The first-order valence-electron chi connectivity index (χ1n) is 13.9. The van der Waals surface area contributed by atoms with Crippen molar-refractivity contribution >= 4 is 28.2 Å². The third kappa shape index (κ3) is 7.48. The summed E-state index contributed by atoms with van der Waals surface area (Å²) in [5.41, 5.74) is 2.02. The highest BCUT2D eigenvalue weighted by molar-refractivity contribution is 5.94. The number of nitrogens with zero attached hydrogens (tertiary/aromatic N) is 2. The van der Waals surface area contributed by atoms with Crippen molar-refractivity contribution in [1.82, 2.24) is 9.47 Å². The smallest absolute Gasteiger partial charge is 0.406 e. The van der Waals surface area contributed by atoms with Crippen LogP contribution in [0.15, 0.2) is 42.5 Å². The van der Waals surface area contributed by atoms with Crippen molar-refractivity contribution in [2.24, 2.45) is 0 Å². The summed E-state index contributed by atoms with van der Waals surface area (Å²) in [6, 6.07) is 11.2. The molecule has 1 aliphatic heterocycles. The van der Waals surface area contributed by atoms with Crippen LogP contribution in [-0.2, 0) is 11.3 Å². The largest absolute Gasteiger partial charge is 0.495 e. The number of carbonyl (C=O) groups excluding carboxylic acids is 1. The van der Waals surface area contributed by atoms with Gasteiger partial charge in [-0.3, -0.25) is 4.90 Å². The Labute approximate surface area is 243 Å². The summed E-state index contributed by atoms with van der Waals surface area (Å²) in [4.78, 5) is 14.1. The first kappa shape index (κ1) is 31.0. The molecule has 0 unspecified atom stereocenters. The molecular weight excluding hydrogens is 552 g/mol.